The molecule has 3 aromatic rings. The second-order valence-electron chi connectivity index (χ2n) is 14.9. The van der Waals surface area contributed by atoms with Crippen LogP contribution < -0.4 is 26.2 Å². The van der Waals surface area contributed by atoms with Crippen molar-refractivity contribution < 1.29 is 28.4 Å². The van der Waals surface area contributed by atoms with E-state index in [1.54, 1.807) is 6.20 Å². The summed E-state index contributed by atoms with van der Waals surface area (Å²) < 4.78 is 15.4. The maximum absolute atomic E-state index is 15.4. The molecule has 8 rings (SSSR count). The maximum atomic E-state index is 15.4. The lowest BCUT2D eigenvalue weighted by molar-refractivity contribution is -0.136. The summed E-state index contributed by atoms with van der Waals surface area (Å²) in [5.74, 6) is -1.58. The monoisotopic (exact) mass is 816 g/mol. The first-order valence-corrected chi connectivity index (χ1v) is 20.2. The van der Waals surface area contributed by atoms with E-state index in [1.165, 1.54) is 17.8 Å². The Morgan fingerprint density at radius 1 is 0.982 bits per heavy atom. The molecule has 15 nitrogen and oxygen atoms in total. The number of piperazine rings is 1. The van der Waals surface area contributed by atoms with Gasteiger partial charge in [-0.2, -0.15) is 0 Å². The minimum atomic E-state index is -1.10. The molecule has 0 bridgehead atoms. The predicted molar refractivity (Wildman–Crippen MR) is 213 cm³/mol. The average molecular weight is 817 g/mol. The van der Waals surface area contributed by atoms with Crippen LogP contribution in [0.5, 0.6) is 0 Å². The molecule has 298 valence electrons. The highest BCUT2D eigenvalue weighted by Crippen LogP contribution is 2.41. The largest absolute Gasteiger partial charge is 0.365 e. The molecule has 6 heterocycles. The smallest absolute Gasteiger partial charge is 0.262 e. The van der Waals surface area contributed by atoms with Gasteiger partial charge >= 0.3 is 0 Å². The van der Waals surface area contributed by atoms with E-state index >= 15 is 4.39 Å². The number of primary amides is 1. The van der Waals surface area contributed by atoms with Crippen molar-refractivity contribution in [2.24, 2.45) is 5.73 Å². The van der Waals surface area contributed by atoms with Crippen LogP contribution in [0.3, 0.4) is 0 Å². The molecule has 3 saturated heterocycles. The first kappa shape index (κ1) is 38.8. The van der Waals surface area contributed by atoms with Crippen LogP contribution in [-0.4, -0.2) is 111 Å². The van der Waals surface area contributed by atoms with Gasteiger partial charge in [-0.05, 0) is 56.9 Å². The fourth-order valence-corrected chi connectivity index (χ4v) is 9.62. The summed E-state index contributed by atoms with van der Waals surface area (Å²) >= 11 is 7.92. The summed E-state index contributed by atoms with van der Waals surface area (Å²) in [7, 11) is 0. The van der Waals surface area contributed by atoms with E-state index in [0.717, 1.165) is 67.1 Å². The summed E-state index contributed by atoms with van der Waals surface area (Å²) in [4.78, 5) is 82.1. The topological polar surface area (TPSA) is 177 Å². The van der Waals surface area contributed by atoms with E-state index < -0.39 is 46.9 Å². The van der Waals surface area contributed by atoms with Crippen molar-refractivity contribution in [3.8, 4) is 0 Å². The van der Waals surface area contributed by atoms with Crippen LogP contribution >= 0.6 is 23.4 Å². The van der Waals surface area contributed by atoms with Gasteiger partial charge in [0.15, 0.2) is 5.50 Å². The number of para-hydroxylation sites is 1. The highest BCUT2D eigenvalue weighted by Gasteiger charge is 2.45. The number of benzene rings is 2. The second kappa shape index (κ2) is 15.7. The molecule has 5 aliphatic rings. The number of rotatable bonds is 9. The van der Waals surface area contributed by atoms with E-state index in [0.29, 0.717) is 46.3 Å². The second-order valence-corrected chi connectivity index (χ2v) is 16.4. The molecule has 2 atom stereocenters. The maximum Gasteiger partial charge on any atom is 0.262 e. The van der Waals surface area contributed by atoms with Crippen molar-refractivity contribution in [3.05, 3.63) is 86.4 Å². The minimum absolute atomic E-state index is 0.0143. The van der Waals surface area contributed by atoms with Crippen LogP contribution in [0.4, 0.5) is 21.7 Å². The molecule has 57 heavy (non-hydrogen) atoms. The van der Waals surface area contributed by atoms with Crippen molar-refractivity contribution in [1.29, 1.82) is 0 Å². The molecule has 0 saturated carbocycles. The Morgan fingerprint density at radius 2 is 1.70 bits per heavy atom. The summed E-state index contributed by atoms with van der Waals surface area (Å²) in [5, 5.41) is 6.20. The number of halogens is 2. The third-order valence-corrected chi connectivity index (χ3v) is 12.7. The van der Waals surface area contributed by atoms with Gasteiger partial charge in [0.25, 0.3) is 17.7 Å². The molecule has 0 spiro atoms. The number of thioether (sulfide) groups is 1. The number of nitrogens with zero attached hydrogens (tertiary/aromatic N) is 7. The molecule has 5 amide bonds. The zero-order valence-corrected chi connectivity index (χ0v) is 33.0. The number of carbonyl (C=O) groups is 5. The Bertz CT molecular complexity index is 2190. The number of nitrogens with one attached hydrogen (secondary N) is 2. The van der Waals surface area contributed by atoms with Crippen LogP contribution in [0.15, 0.2) is 47.5 Å². The molecule has 0 radical (unpaired) electrons. The van der Waals surface area contributed by atoms with E-state index in [2.05, 4.69) is 30.3 Å². The van der Waals surface area contributed by atoms with Gasteiger partial charge < -0.3 is 20.9 Å². The number of hydrogen-bond donors (Lipinski definition) is 3. The number of nitrogens with two attached hydrogens (primary N) is 1. The Balaban J connectivity index is 0.860. The Hall–Kier alpha value is -5.10. The lowest BCUT2D eigenvalue weighted by Crippen LogP contribution is -2.54. The van der Waals surface area contributed by atoms with Crippen LogP contribution in [0.1, 0.15) is 63.4 Å². The number of carbonyl (C=O) groups excluding carboxylic acids is 5. The first-order valence-electron chi connectivity index (χ1n) is 18.9. The summed E-state index contributed by atoms with van der Waals surface area (Å²) in [6.07, 6.45) is 3.65. The van der Waals surface area contributed by atoms with Gasteiger partial charge in [0.05, 0.1) is 26.7 Å². The van der Waals surface area contributed by atoms with Crippen molar-refractivity contribution in [3.63, 3.8) is 0 Å². The fourth-order valence-electron chi connectivity index (χ4n) is 8.31. The lowest BCUT2D eigenvalue weighted by atomic mass is 10.0. The van der Waals surface area contributed by atoms with Crippen molar-refractivity contribution in [1.82, 2.24) is 30.0 Å². The van der Waals surface area contributed by atoms with E-state index in [4.69, 9.17) is 22.3 Å². The molecule has 2 unspecified atom stereocenters. The molecule has 4 N–H and O–H groups in total. The van der Waals surface area contributed by atoms with Gasteiger partial charge in [0.1, 0.15) is 29.3 Å². The van der Waals surface area contributed by atoms with E-state index in [1.807, 2.05) is 43.0 Å². The quantitative estimate of drug-likeness (QED) is 0.269. The average Bonchev–Trinajstić information content (AvgIpc) is 3.69. The number of piperidine rings is 2. The fraction of sp³-hybridized carbons (Fsp3) is 0.410. The highest BCUT2D eigenvalue weighted by molar-refractivity contribution is 8.05. The van der Waals surface area contributed by atoms with Crippen molar-refractivity contribution in [2.75, 3.05) is 54.4 Å². The number of imide groups is 2. The molecule has 0 aliphatic carbocycles. The lowest BCUT2D eigenvalue weighted by Gasteiger charge is -2.43. The molecule has 1 aromatic heterocycles. The molecular weight excluding hydrogens is 775 g/mol. The van der Waals surface area contributed by atoms with Crippen LogP contribution in [-0.2, 0) is 20.9 Å². The number of fused-ring (bicyclic) bond motifs is 1. The summed E-state index contributed by atoms with van der Waals surface area (Å²) in [6, 6.07) is 9.40. The number of anilines is 3. The minimum Gasteiger partial charge on any atom is -0.365 e. The molecular formula is C39H42ClFN10O5S. The zero-order valence-electron chi connectivity index (χ0n) is 31.5. The molecule has 2 aromatic carbocycles. The van der Waals surface area contributed by atoms with Gasteiger partial charge in [0, 0.05) is 76.1 Å². The third kappa shape index (κ3) is 7.68. The van der Waals surface area contributed by atoms with Crippen molar-refractivity contribution in [2.45, 2.75) is 63.7 Å². The number of hydrogen-bond acceptors (Lipinski definition) is 13. The standard InChI is InChI=1S/C39H42ClFN10O5S/c1-21-4-3-5-27(40)34(21)50-20-30(35(42)53)57-39(50)45-31-18-32(44-22(2)43-31)49-10-8-24(9-11-49)48-14-12-47(13-15-48)19-23-16-25-26(17-28(23)41)38(56)51(37(25)55)29-6-7-33(52)46-36(29)54/h3-5,16-18,20,24,29,39H,6-15,19H2,1-2H3,(H2,42,53)(H,43,44,45)(H,46,52,54). The Labute approximate surface area is 337 Å². The molecule has 5 aliphatic heterocycles. The Kier molecular flexibility index (Phi) is 10.7. The van der Waals surface area contributed by atoms with Gasteiger partial charge in [-0.15, -0.1) is 0 Å². The number of aryl methyl sites for hydroxylation is 2. The summed E-state index contributed by atoms with van der Waals surface area (Å²) in [6.45, 7) is 8.74. The van der Waals surface area contributed by atoms with Crippen molar-refractivity contribution >= 4 is 70.2 Å². The van der Waals surface area contributed by atoms with Gasteiger partial charge in [-0.1, -0.05) is 35.5 Å². The third-order valence-electron chi connectivity index (χ3n) is 11.2. The highest BCUT2D eigenvalue weighted by atomic mass is 35.5. The number of aromatic nitrogens is 2. The van der Waals surface area contributed by atoms with E-state index in [-0.39, 0.29) is 30.5 Å². The normalized spacial score (nSPS) is 22.2. The zero-order chi connectivity index (χ0) is 40.1. The van der Waals surface area contributed by atoms with Gasteiger partial charge in [-0.25, -0.2) is 14.4 Å². The predicted octanol–water partition coefficient (Wildman–Crippen LogP) is 3.35. The SMILES string of the molecule is Cc1nc(NC2SC(C(N)=O)=CN2c2c(C)cccc2Cl)cc(N2CCC(N3CCN(Cc4cc5c(cc4F)C(=O)N(C4CCC(=O)NC4=O)C5=O)CC3)CC2)n1. The van der Waals surface area contributed by atoms with Crippen LogP contribution in [0.2, 0.25) is 5.02 Å². The van der Waals surface area contributed by atoms with Crippen LogP contribution in [0, 0.1) is 19.7 Å². The van der Waals surface area contributed by atoms with E-state index in [9.17, 15) is 24.0 Å². The number of amides is 5. The Morgan fingerprint density at radius 3 is 2.39 bits per heavy atom. The molecule has 3 fully saturated rings. The van der Waals surface area contributed by atoms with Gasteiger partial charge in [0.2, 0.25) is 11.8 Å². The van der Waals surface area contributed by atoms with Gasteiger partial charge in [-0.3, -0.25) is 44.0 Å². The molecule has 18 heteroatoms. The summed E-state index contributed by atoms with van der Waals surface area (Å²) in [5.41, 5.74) is 7.32. The van der Waals surface area contributed by atoms with Crippen LogP contribution in [0.25, 0.3) is 0 Å². The first-order chi connectivity index (χ1) is 27.3.